The van der Waals surface area contributed by atoms with Gasteiger partial charge in [0.25, 0.3) is 5.91 Å². The highest BCUT2D eigenvalue weighted by Crippen LogP contribution is 2.31. The summed E-state index contributed by atoms with van der Waals surface area (Å²) in [7, 11) is -2.03. The van der Waals surface area contributed by atoms with Gasteiger partial charge < -0.3 is 14.8 Å². The summed E-state index contributed by atoms with van der Waals surface area (Å²) >= 11 is 0. The highest BCUT2D eigenvalue weighted by Gasteiger charge is 2.27. The zero-order valence-electron chi connectivity index (χ0n) is 18.4. The summed E-state index contributed by atoms with van der Waals surface area (Å²) in [6.45, 7) is 2.97. The predicted octanol–water partition coefficient (Wildman–Crippen LogP) is 4.23. The molecule has 0 spiro atoms. The Morgan fingerprint density at radius 2 is 1.82 bits per heavy atom. The van der Waals surface area contributed by atoms with Crippen LogP contribution in [-0.2, 0) is 10.0 Å². The maximum atomic E-state index is 12.8. The number of carbonyl (C=O) groups is 1. The number of sulfonamides is 1. The van der Waals surface area contributed by atoms with Crippen LogP contribution >= 0.6 is 0 Å². The van der Waals surface area contributed by atoms with Crippen molar-refractivity contribution in [3.63, 3.8) is 0 Å². The molecule has 0 bridgehead atoms. The van der Waals surface area contributed by atoms with Crippen molar-refractivity contribution >= 4 is 21.6 Å². The van der Waals surface area contributed by atoms with E-state index in [0.717, 1.165) is 18.4 Å². The molecule has 1 fully saturated rings. The largest absolute Gasteiger partial charge is 0.493 e. The summed E-state index contributed by atoms with van der Waals surface area (Å²) in [6.07, 6.45) is 3.17. The lowest BCUT2D eigenvalue weighted by Crippen LogP contribution is -2.28. The fourth-order valence-corrected chi connectivity index (χ4v) is 5.13. The van der Waals surface area contributed by atoms with E-state index in [1.54, 1.807) is 37.4 Å². The summed E-state index contributed by atoms with van der Waals surface area (Å²) < 4.78 is 38.1. The van der Waals surface area contributed by atoms with Crippen LogP contribution in [0.3, 0.4) is 0 Å². The van der Waals surface area contributed by atoms with E-state index in [4.69, 9.17) is 9.47 Å². The number of benzene rings is 2. The molecular formula is C24H25N3O5S. The lowest BCUT2D eigenvalue weighted by molar-refractivity contribution is 0.102. The van der Waals surface area contributed by atoms with Crippen molar-refractivity contribution in [2.75, 3.05) is 25.5 Å². The van der Waals surface area contributed by atoms with Gasteiger partial charge in [-0.1, -0.05) is 12.1 Å². The number of aromatic nitrogens is 1. The Kier molecular flexibility index (Phi) is 6.62. The average molecular weight is 468 g/mol. The first-order valence-corrected chi connectivity index (χ1v) is 12.0. The maximum Gasteiger partial charge on any atom is 0.255 e. The third-order valence-corrected chi connectivity index (χ3v) is 7.22. The van der Waals surface area contributed by atoms with Crippen molar-refractivity contribution in [3.8, 4) is 17.4 Å². The van der Waals surface area contributed by atoms with Gasteiger partial charge in [-0.25, -0.2) is 13.4 Å². The molecule has 0 saturated carbocycles. The van der Waals surface area contributed by atoms with Gasteiger partial charge in [0.1, 0.15) is 0 Å². The van der Waals surface area contributed by atoms with E-state index in [1.165, 1.54) is 22.6 Å². The van der Waals surface area contributed by atoms with Crippen LogP contribution in [0.4, 0.5) is 5.69 Å². The van der Waals surface area contributed by atoms with E-state index >= 15 is 0 Å². The zero-order chi connectivity index (χ0) is 23.4. The monoisotopic (exact) mass is 467 g/mol. The first-order chi connectivity index (χ1) is 15.9. The van der Waals surface area contributed by atoms with Crippen LogP contribution in [0.25, 0.3) is 0 Å². The number of anilines is 1. The molecule has 0 aliphatic carbocycles. The van der Waals surface area contributed by atoms with Crippen LogP contribution in [0.1, 0.15) is 28.8 Å². The van der Waals surface area contributed by atoms with Crippen molar-refractivity contribution in [1.82, 2.24) is 9.29 Å². The molecule has 1 saturated heterocycles. The SMILES string of the molecule is COc1cc(C)ccc1Oc1ccc(NC(=O)c2cccc(S(=O)(=O)N3CCCC3)c2)cn1. The van der Waals surface area contributed by atoms with Crippen LogP contribution in [0.2, 0.25) is 0 Å². The minimum atomic E-state index is -3.60. The van der Waals surface area contributed by atoms with Crippen molar-refractivity contribution < 1.29 is 22.7 Å². The Morgan fingerprint density at radius 1 is 1.03 bits per heavy atom. The number of nitrogens with zero attached hydrogens (tertiary/aromatic N) is 2. The molecule has 2 heterocycles. The molecule has 33 heavy (non-hydrogen) atoms. The van der Waals surface area contributed by atoms with Gasteiger partial charge in [-0.05, 0) is 61.7 Å². The number of rotatable bonds is 7. The number of nitrogens with one attached hydrogen (secondary N) is 1. The maximum absolute atomic E-state index is 12.8. The zero-order valence-corrected chi connectivity index (χ0v) is 19.3. The number of carbonyl (C=O) groups excluding carboxylic acids is 1. The quantitative estimate of drug-likeness (QED) is 0.559. The van der Waals surface area contributed by atoms with Crippen LogP contribution in [0.15, 0.2) is 65.7 Å². The molecule has 4 rings (SSSR count). The highest BCUT2D eigenvalue weighted by atomic mass is 32.2. The van der Waals surface area contributed by atoms with Gasteiger partial charge in [0.05, 0.1) is 23.9 Å². The van der Waals surface area contributed by atoms with Crippen LogP contribution < -0.4 is 14.8 Å². The molecule has 1 N–H and O–H groups in total. The molecule has 2 aromatic carbocycles. The number of aryl methyl sites for hydroxylation is 1. The second-order valence-corrected chi connectivity index (χ2v) is 9.67. The first-order valence-electron chi connectivity index (χ1n) is 10.6. The topological polar surface area (TPSA) is 97.8 Å². The Labute approximate surface area is 193 Å². The summed E-state index contributed by atoms with van der Waals surface area (Å²) in [6, 6.07) is 14.9. The van der Waals surface area contributed by atoms with Crippen molar-refractivity contribution in [3.05, 3.63) is 71.9 Å². The van der Waals surface area contributed by atoms with Gasteiger partial charge in [-0.2, -0.15) is 4.31 Å². The minimum absolute atomic E-state index is 0.117. The van der Waals surface area contributed by atoms with Gasteiger partial charge in [0.15, 0.2) is 11.5 Å². The van der Waals surface area contributed by atoms with Crippen LogP contribution in [0, 0.1) is 6.92 Å². The average Bonchev–Trinajstić information content (AvgIpc) is 3.37. The number of pyridine rings is 1. The molecule has 9 heteroatoms. The normalized spacial score (nSPS) is 14.1. The van der Waals surface area contributed by atoms with Crippen molar-refractivity contribution in [1.29, 1.82) is 0 Å². The van der Waals surface area contributed by atoms with E-state index in [-0.39, 0.29) is 10.5 Å². The molecule has 1 aliphatic heterocycles. The Balaban J connectivity index is 1.45. The summed E-state index contributed by atoms with van der Waals surface area (Å²) in [5, 5.41) is 2.74. The summed E-state index contributed by atoms with van der Waals surface area (Å²) in [5.41, 5.74) is 1.75. The van der Waals surface area contributed by atoms with E-state index in [0.29, 0.717) is 36.2 Å². The fourth-order valence-electron chi connectivity index (χ4n) is 3.56. The number of hydrogen-bond donors (Lipinski definition) is 1. The molecule has 0 atom stereocenters. The smallest absolute Gasteiger partial charge is 0.255 e. The predicted molar refractivity (Wildman–Crippen MR) is 124 cm³/mol. The molecular weight excluding hydrogens is 442 g/mol. The summed E-state index contributed by atoms with van der Waals surface area (Å²) in [4.78, 5) is 17.1. The third kappa shape index (κ3) is 5.15. The van der Waals surface area contributed by atoms with E-state index in [1.807, 2.05) is 19.1 Å². The molecule has 172 valence electrons. The Hall–Kier alpha value is -3.43. The second kappa shape index (κ2) is 9.60. The first kappa shape index (κ1) is 22.8. The van der Waals surface area contributed by atoms with Gasteiger partial charge in [-0.3, -0.25) is 4.79 Å². The molecule has 3 aromatic rings. The van der Waals surface area contributed by atoms with E-state index in [9.17, 15) is 13.2 Å². The lowest BCUT2D eigenvalue weighted by atomic mass is 10.2. The van der Waals surface area contributed by atoms with Gasteiger partial charge in [0.2, 0.25) is 15.9 Å². The van der Waals surface area contributed by atoms with Crippen molar-refractivity contribution in [2.45, 2.75) is 24.7 Å². The molecule has 1 aromatic heterocycles. The van der Waals surface area contributed by atoms with Gasteiger partial charge in [-0.15, -0.1) is 0 Å². The second-order valence-electron chi connectivity index (χ2n) is 7.73. The van der Waals surface area contributed by atoms with Crippen LogP contribution in [0.5, 0.6) is 17.4 Å². The molecule has 1 aliphatic rings. The number of hydrogen-bond acceptors (Lipinski definition) is 6. The van der Waals surface area contributed by atoms with E-state index < -0.39 is 15.9 Å². The molecule has 1 amide bonds. The molecule has 8 nitrogen and oxygen atoms in total. The standard InChI is InChI=1S/C24H25N3O5S/c1-17-8-10-21(22(14-17)31-2)32-23-11-9-19(16-25-23)26-24(28)18-6-5-7-20(15-18)33(29,30)27-12-3-4-13-27/h5-11,14-16H,3-4,12-13H2,1-2H3,(H,26,28). The molecule has 0 unspecified atom stereocenters. The van der Waals surface area contributed by atoms with Gasteiger partial charge >= 0.3 is 0 Å². The number of ether oxygens (including phenoxy) is 2. The third-order valence-electron chi connectivity index (χ3n) is 5.33. The lowest BCUT2D eigenvalue weighted by Gasteiger charge is -2.16. The van der Waals surface area contributed by atoms with Crippen molar-refractivity contribution in [2.24, 2.45) is 0 Å². The Morgan fingerprint density at radius 3 is 2.52 bits per heavy atom. The van der Waals surface area contributed by atoms with Crippen LogP contribution in [-0.4, -0.2) is 43.8 Å². The summed E-state index contributed by atoms with van der Waals surface area (Å²) in [5.74, 6) is 1.04. The minimum Gasteiger partial charge on any atom is -0.493 e. The fraction of sp³-hybridized carbons (Fsp3) is 0.250. The highest BCUT2D eigenvalue weighted by molar-refractivity contribution is 7.89. The number of amides is 1. The number of methoxy groups -OCH3 is 1. The molecule has 0 radical (unpaired) electrons. The van der Waals surface area contributed by atoms with Gasteiger partial charge in [0, 0.05) is 24.7 Å². The van der Waals surface area contributed by atoms with E-state index in [2.05, 4.69) is 10.3 Å². The Bertz CT molecular complexity index is 1250.